The van der Waals surface area contributed by atoms with Crippen LogP contribution in [0, 0.1) is 5.82 Å². The van der Waals surface area contributed by atoms with Crippen LogP contribution < -0.4 is 5.32 Å². The maximum absolute atomic E-state index is 14.0. The molecular weight excluding hydrogens is 399 g/mol. The number of carbonyl (C=O) groups excluding carboxylic acids is 1. The summed E-state index contributed by atoms with van der Waals surface area (Å²) in [4.78, 5) is 14.4. The van der Waals surface area contributed by atoms with Gasteiger partial charge < -0.3 is 10.2 Å². The van der Waals surface area contributed by atoms with Gasteiger partial charge in [-0.15, -0.1) is 10.2 Å². The van der Waals surface area contributed by atoms with Crippen molar-refractivity contribution in [3.8, 4) is 10.6 Å². The van der Waals surface area contributed by atoms with Crippen LogP contribution in [0.15, 0.2) is 48.5 Å². The zero-order valence-electron chi connectivity index (χ0n) is 14.9. The van der Waals surface area contributed by atoms with Crippen molar-refractivity contribution >= 4 is 34.7 Å². The Hall–Kier alpha value is -2.51. The van der Waals surface area contributed by atoms with E-state index in [-0.39, 0.29) is 17.8 Å². The fourth-order valence-electron chi connectivity index (χ4n) is 3.26. The summed E-state index contributed by atoms with van der Waals surface area (Å²) in [7, 11) is 0. The van der Waals surface area contributed by atoms with Crippen molar-refractivity contribution in [2.45, 2.75) is 18.8 Å². The smallest absolute Gasteiger partial charge is 0.321 e. The number of nitrogens with one attached hydrogen (secondary N) is 1. The average molecular weight is 417 g/mol. The summed E-state index contributed by atoms with van der Waals surface area (Å²) in [5, 5.41) is 13.2. The van der Waals surface area contributed by atoms with Crippen LogP contribution in [-0.2, 0) is 0 Å². The van der Waals surface area contributed by atoms with Gasteiger partial charge >= 0.3 is 6.03 Å². The fourth-order valence-corrected chi connectivity index (χ4v) is 4.44. The monoisotopic (exact) mass is 416 g/mol. The third-order valence-electron chi connectivity index (χ3n) is 4.72. The first-order chi connectivity index (χ1) is 13.6. The normalized spacial score (nSPS) is 16.8. The SMILES string of the molecule is O=C(Nc1ccccc1Cl)N1CCC[C@H](c2nnc(-c3ccccc3F)s2)C1. The number of nitrogens with zero attached hydrogens (tertiary/aromatic N) is 3. The van der Waals surface area contributed by atoms with Gasteiger partial charge in [0.15, 0.2) is 5.01 Å². The van der Waals surface area contributed by atoms with E-state index in [0.717, 1.165) is 17.8 Å². The van der Waals surface area contributed by atoms with Crippen LogP contribution in [0.4, 0.5) is 14.9 Å². The van der Waals surface area contributed by atoms with Gasteiger partial charge in [0.2, 0.25) is 0 Å². The lowest BCUT2D eigenvalue weighted by Crippen LogP contribution is -2.41. The Bertz CT molecular complexity index is 996. The van der Waals surface area contributed by atoms with Crippen LogP contribution >= 0.6 is 22.9 Å². The molecule has 1 fully saturated rings. The van der Waals surface area contributed by atoms with Gasteiger partial charge in [0, 0.05) is 24.6 Å². The number of carbonyl (C=O) groups is 1. The zero-order valence-corrected chi connectivity index (χ0v) is 16.5. The molecule has 0 saturated carbocycles. The van der Waals surface area contributed by atoms with Crippen LogP contribution in [0.25, 0.3) is 10.6 Å². The van der Waals surface area contributed by atoms with Gasteiger partial charge in [0.05, 0.1) is 10.7 Å². The van der Waals surface area contributed by atoms with Crippen molar-refractivity contribution in [2.24, 2.45) is 0 Å². The van der Waals surface area contributed by atoms with Crippen LogP contribution in [0.1, 0.15) is 23.8 Å². The van der Waals surface area contributed by atoms with E-state index in [1.165, 1.54) is 17.4 Å². The standard InChI is InChI=1S/C20H18ClFN4OS/c21-15-8-2-4-10-17(15)23-20(27)26-11-5-6-13(12-26)18-24-25-19(28-18)14-7-1-3-9-16(14)22/h1-4,7-10,13H,5-6,11-12H2,(H,23,27)/t13-/m0/s1. The van der Waals surface area contributed by atoms with Crippen molar-refractivity contribution in [2.75, 3.05) is 18.4 Å². The highest BCUT2D eigenvalue weighted by Gasteiger charge is 2.28. The van der Waals surface area contributed by atoms with E-state index in [1.807, 2.05) is 12.1 Å². The summed E-state index contributed by atoms with van der Waals surface area (Å²) in [5.74, 6) is -0.224. The number of likely N-dealkylation sites (tertiary alicyclic amines) is 1. The van der Waals surface area contributed by atoms with Gasteiger partial charge in [-0.25, -0.2) is 9.18 Å². The van der Waals surface area contributed by atoms with Gasteiger partial charge in [-0.1, -0.05) is 47.2 Å². The van der Waals surface area contributed by atoms with Crippen molar-refractivity contribution in [3.05, 3.63) is 64.4 Å². The summed E-state index contributed by atoms with van der Waals surface area (Å²) in [6, 6.07) is 13.5. The number of aromatic nitrogens is 2. The molecule has 0 radical (unpaired) electrons. The fraction of sp³-hybridized carbons (Fsp3) is 0.250. The molecule has 2 aromatic carbocycles. The van der Waals surface area contributed by atoms with Crippen molar-refractivity contribution in [3.63, 3.8) is 0 Å². The number of piperidine rings is 1. The molecule has 0 aliphatic carbocycles. The Morgan fingerprint density at radius 2 is 1.96 bits per heavy atom. The quantitative estimate of drug-likeness (QED) is 0.621. The first-order valence-corrected chi connectivity index (χ1v) is 10.2. The Morgan fingerprint density at radius 1 is 1.18 bits per heavy atom. The topological polar surface area (TPSA) is 58.1 Å². The number of anilines is 1. The van der Waals surface area contributed by atoms with Gasteiger partial charge in [0.1, 0.15) is 10.8 Å². The molecule has 28 heavy (non-hydrogen) atoms. The highest BCUT2D eigenvalue weighted by Crippen LogP contribution is 2.33. The minimum absolute atomic E-state index is 0.0868. The van der Waals surface area contributed by atoms with Crippen molar-refractivity contribution in [1.82, 2.24) is 15.1 Å². The van der Waals surface area contributed by atoms with Gasteiger partial charge in [-0.2, -0.15) is 0 Å². The molecule has 0 spiro atoms. The summed E-state index contributed by atoms with van der Waals surface area (Å²) in [6.07, 6.45) is 1.79. The lowest BCUT2D eigenvalue weighted by molar-refractivity contribution is 0.192. The van der Waals surface area contributed by atoms with E-state index < -0.39 is 0 Å². The van der Waals surface area contributed by atoms with Crippen LogP contribution in [0.5, 0.6) is 0 Å². The van der Waals surface area contributed by atoms with E-state index in [9.17, 15) is 9.18 Å². The molecule has 0 bridgehead atoms. The third-order valence-corrected chi connectivity index (χ3v) is 6.17. The summed E-state index contributed by atoms with van der Waals surface area (Å²) < 4.78 is 14.0. The molecule has 8 heteroatoms. The van der Waals surface area contributed by atoms with Crippen LogP contribution in [0.2, 0.25) is 5.02 Å². The molecular formula is C20H18ClFN4OS. The van der Waals surface area contributed by atoms with E-state index in [1.54, 1.807) is 35.2 Å². The predicted octanol–water partition coefficient (Wildman–Crippen LogP) is 5.41. The van der Waals surface area contributed by atoms with Crippen molar-refractivity contribution < 1.29 is 9.18 Å². The Kier molecular flexibility index (Phi) is 5.54. The number of benzene rings is 2. The highest BCUT2D eigenvalue weighted by molar-refractivity contribution is 7.14. The largest absolute Gasteiger partial charge is 0.324 e. The number of para-hydroxylation sites is 1. The lowest BCUT2D eigenvalue weighted by atomic mass is 9.99. The van der Waals surface area contributed by atoms with Crippen LogP contribution in [0.3, 0.4) is 0 Å². The molecule has 1 aliphatic rings. The predicted molar refractivity (Wildman–Crippen MR) is 109 cm³/mol. The molecule has 1 atom stereocenters. The number of hydrogen-bond donors (Lipinski definition) is 1. The number of amides is 2. The first-order valence-electron chi connectivity index (χ1n) is 9.00. The number of halogens is 2. The van der Waals surface area contributed by atoms with E-state index in [2.05, 4.69) is 15.5 Å². The number of urea groups is 1. The maximum Gasteiger partial charge on any atom is 0.321 e. The van der Waals surface area contributed by atoms with Gasteiger partial charge in [-0.05, 0) is 37.1 Å². The lowest BCUT2D eigenvalue weighted by Gasteiger charge is -2.31. The summed E-state index contributed by atoms with van der Waals surface area (Å²) in [6.45, 7) is 1.22. The zero-order chi connectivity index (χ0) is 19.5. The van der Waals surface area contributed by atoms with Crippen molar-refractivity contribution in [1.29, 1.82) is 0 Å². The molecule has 1 saturated heterocycles. The first kappa shape index (κ1) is 18.8. The second-order valence-electron chi connectivity index (χ2n) is 6.62. The van der Waals surface area contributed by atoms with E-state index in [4.69, 9.17) is 11.6 Å². The Morgan fingerprint density at radius 3 is 2.79 bits per heavy atom. The molecule has 1 aromatic heterocycles. The average Bonchev–Trinajstić information content (AvgIpc) is 3.20. The summed E-state index contributed by atoms with van der Waals surface area (Å²) in [5.41, 5.74) is 1.05. The molecule has 3 aromatic rings. The second-order valence-corrected chi connectivity index (χ2v) is 8.04. The highest BCUT2D eigenvalue weighted by atomic mass is 35.5. The Balaban J connectivity index is 1.46. The van der Waals surface area contributed by atoms with Gasteiger partial charge in [0.25, 0.3) is 0 Å². The molecule has 2 amide bonds. The molecule has 1 N–H and O–H groups in total. The Labute approximate surface area is 171 Å². The maximum atomic E-state index is 14.0. The number of rotatable bonds is 3. The van der Waals surface area contributed by atoms with Gasteiger partial charge in [-0.3, -0.25) is 0 Å². The van der Waals surface area contributed by atoms with E-state index >= 15 is 0 Å². The van der Waals surface area contributed by atoms with E-state index in [0.29, 0.717) is 34.4 Å². The van der Waals surface area contributed by atoms with Crippen LogP contribution in [-0.4, -0.2) is 34.2 Å². The molecule has 144 valence electrons. The third kappa shape index (κ3) is 4.00. The molecule has 1 aliphatic heterocycles. The molecule has 5 nitrogen and oxygen atoms in total. The molecule has 4 rings (SSSR count). The second kappa shape index (κ2) is 8.24. The number of hydrogen-bond acceptors (Lipinski definition) is 4. The molecule has 0 unspecified atom stereocenters. The minimum Gasteiger partial charge on any atom is -0.324 e. The molecule has 2 heterocycles. The minimum atomic E-state index is -0.311. The summed E-state index contributed by atoms with van der Waals surface area (Å²) >= 11 is 7.51.